The maximum absolute atomic E-state index is 13.2. The van der Waals surface area contributed by atoms with Gasteiger partial charge in [-0.1, -0.05) is 55.5 Å². The lowest BCUT2D eigenvalue weighted by molar-refractivity contribution is 0.147. The van der Waals surface area contributed by atoms with Crippen LogP contribution in [0.3, 0.4) is 0 Å². The minimum absolute atomic E-state index is 0.0778. The first-order chi connectivity index (χ1) is 14.7. The minimum Gasteiger partial charge on any atom is -0.444 e. The number of aromatic amines is 1. The van der Waals surface area contributed by atoms with E-state index in [2.05, 4.69) is 24.0 Å². The van der Waals surface area contributed by atoms with Crippen LogP contribution in [0.1, 0.15) is 50.3 Å². The molecule has 30 heavy (non-hydrogen) atoms. The van der Waals surface area contributed by atoms with E-state index in [0.29, 0.717) is 6.54 Å². The van der Waals surface area contributed by atoms with Crippen LogP contribution in [0.25, 0.3) is 10.9 Å². The Labute approximate surface area is 177 Å². The number of aromatic nitrogens is 1. The average molecular weight is 407 g/mol. The number of H-pyrrole nitrogens is 1. The normalized spacial score (nSPS) is 18.8. The highest BCUT2D eigenvalue weighted by atomic mass is 16.6. The van der Waals surface area contributed by atoms with Gasteiger partial charge in [-0.3, -0.25) is 4.90 Å². The van der Waals surface area contributed by atoms with Crippen molar-refractivity contribution in [3.63, 3.8) is 0 Å². The fraction of sp³-hybridized carbons (Fsp3) is 0.400. The number of hydrogen-bond acceptors (Lipinski definition) is 3. The predicted octanol–water partition coefficient (Wildman–Crippen LogP) is 5.53. The number of aliphatic hydroxyl groups excluding tert-OH is 1. The third-order valence-electron chi connectivity index (χ3n) is 6.43. The Bertz CT molecular complexity index is 998. The molecule has 158 valence electrons. The SMILES string of the molecule is CC[C@]1(CCCO)CCCN(C(=O)OCc2ccccc2)c2c1[nH]c1ccccc21. The van der Waals surface area contributed by atoms with Crippen LogP contribution < -0.4 is 4.90 Å². The van der Waals surface area contributed by atoms with Crippen molar-refractivity contribution in [1.82, 2.24) is 4.98 Å². The van der Waals surface area contributed by atoms with Gasteiger partial charge >= 0.3 is 6.09 Å². The Morgan fingerprint density at radius 3 is 2.70 bits per heavy atom. The number of carbonyl (C=O) groups is 1. The molecule has 5 heteroatoms. The summed E-state index contributed by atoms with van der Waals surface area (Å²) in [7, 11) is 0. The minimum atomic E-state index is -0.307. The van der Waals surface area contributed by atoms with E-state index in [4.69, 9.17) is 4.74 Å². The monoisotopic (exact) mass is 406 g/mol. The van der Waals surface area contributed by atoms with E-state index in [0.717, 1.165) is 60.0 Å². The van der Waals surface area contributed by atoms with Gasteiger partial charge in [0.05, 0.1) is 5.69 Å². The van der Waals surface area contributed by atoms with E-state index < -0.39 is 0 Å². The highest BCUT2D eigenvalue weighted by Gasteiger charge is 2.39. The number of para-hydroxylation sites is 1. The molecular formula is C25H30N2O3. The molecule has 0 radical (unpaired) electrons. The van der Waals surface area contributed by atoms with Gasteiger partial charge in [0, 0.05) is 35.2 Å². The Morgan fingerprint density at radius 1 is 1.17 bits per heavy atom. The van der Waals surface area contributed by atoms with Gasteiger partial charge in [0.25, 0.3) is 0 Å². The van der Waals surface area contributed by atoms with Crippen molar-refractivity contribution in [3.8, 4) is 0 Å². The van der Waals surface area contributed by atoms with E-state index >= 15 is 0 Å². The number of rotatable bonds is 6. The van der Waals surface area contributed by atoms with Gasteiger partial charge in [-0.15, -0.1) is 0 Å². The van der Waals surface area contributed by atoms with Crippen LogP contribution >= 0.6 is 0 Å². The molecule has 0 fully saturated rings. The van der Waals surface area contributed by atoms with Crippen molar-refractivity contribution < 1.29 is 14.6 Å². The summed E-state index contributed by atoms with van der Waals surface area (Å²) in [5.41, 5.74) is 3.98. The molecule has 1 aliphatic heterocycles. The molecule has 1 aromatic heterocycles. The van der Waals surface area contributed by atoms with Crippen LogP contribution in [-0.4, -0.2) is 29.3 Å². The first kappa shape index (κ1) is 20.5. The maximum Gasteiger partial charge on any atom is 0.414 e. The summed E-state index contributed by atoms with van der Waals surface area (Å²) in [6, 6.07) is 17.9. The first-order valence-corrected chi connectivity index (χ1v) is 10.9. The lowest BCUT2D eigenvalue weighted by Crippen LogP contribution is -2.32. The molecule has 0 spiro atoms. The molecule has 2 heterocycles. The summed E-state index contributed by atoms with van der Waals surface area (Å²) in [4.78, 5) is 18.6. The van der Waals surface area contributed by atoms with Gasteiger partial charge < -0.3 is 14.8 Å². The third-order valence-corrected chi connectivity index (χ3v) is 6.43. The van der Waals surface area contributed by atoms with Crippen molar-refractivity contribution in [2.75, 3.05) is 18.1 Å². The molecule has 4 rings (SSSR count). The largest absolute Gasteiger partial charge is 0.444 e. The Kier molecular flexibility index (Phi) is 6.09. The van der Waals surface area contributed by atoms with Gasteiger partial charge in [0.2, 0.25) is 0 Å². The lowest BCUT2D eigenvalue weighted by atomic mass is 9.74. The van der Waals surface area contributed by atoms with E-state index in [-0.39, 0.29) is 24.7 Å². The van der Waals surface area contributed by atoms with E-state index in [1.54, 1.807) is 0 Å². The molecular weight excluding hydrogens is 376 g/mol. The fourth-order valence-corrected chi connectivity index (χ4v) is 4.78. The van der Waals surface area contributed by atoms with Gasteiger partial charge in [-0.05, 0) is 43.7 Å². The molecule has 0 aliphatic carbocycles. The number of carbonyl (C=O) groups excluding carboxylic acids is 1. The zero-order valence-corrected chi connectivity index (χ0v) is 17.6. The Balaban J connectivity index is 1.72. The summed E-state index contributed by atoms with van der Waals surface area (Å²) in [5.74, 6) is 0. The number of benzene rings is 2. The third kappa shape index (κ3) is 3.82. The summed E-state index contributed by atoms with van der Waals surface area (Å²) in [6.07, 6.45) is 4.18. The van der Waals surface area contributed by atoms with Crippen LogP contribution in [0.4, 0.5) is 10.5 Å². The van der Waals surface area contributed by atoms with Crippen LogP contribution in [-0.2, 0) is 16.8 Å². The summed E-state index contributed by atoms with van der Waals surface area (Å²) in [6.45, 7) is 3.27. The quantitative estimate of drug-likeness (QED) is 0.566. The van der Waals surface area contributed by atoms with E-state index in [9.17, 15) is 9.90 Å². The van der Waals surface area contributed by atoms with Gasteiger partial charge in [-0.2, -0.15) is 0 Å². The lowest BCUT2D eigenvalue weighted by Gasteiger charge is -2.32. The molecule has 2 N–H and O–H groups in total. The Morgan fingerprint density at radius 2 is 1.93 bits per heavy atom. The smallest absolute Gasteiger partial charge is 0.414 e. The summed E-state index contributed by atoms with van der Waals surface area (Å²) < 4.78 is 5.71. The van der Waals surface area contributed by atoms with Gasteiger partial charge in [-0.25, -0.2) is 4.79 Å². The predicted molar refractivity (Wildman–Crippen MR) is 120 cm³/mol. The van der Waals surface area contributed by atoms with Crippen molar-refractivity contribution in [2.45, 2.75) is 51.0 Å². The zero-order chi connectivity index (χ0) is 21.0. The van der Waals surface area contributed by atoms with Crippen molar-refractivity contribution in [3.05, 3.63) is 65.9 Å². The fourth-order valence-electron chi connectivity index (χ4n) is 4.78. The first-order valence-electron chi connectivity index (χ1n) is 10.9. The topological polar surface area (TPSA) is 65.6 Å². The highest BCUT2D eigenvalue weighted by molar-refractivity contribution is 6.03. The highest BCUT2D eigenvalue weighted by Crippen LogP contribution is 2.47. The van der Waals surface area contributed by atoms with Crippen molar-refractivity contribution in [1.29, 1.82) is 0 Å². The van der Waals surface area contributed by atoms with Crippen LogP contribution in [0.15, 0.2) is 54.6 Å². The molecule has 1 aliphatic rings. The number of hydrogen-bond donors (Lipinski definition) is 2. The van der Waals surface area contributed by atoms with Crippen molar-refractivity contribution in [2.24, 2.45) is 0 Å². The second kappa shape index (κ2) is 8.92. The van der Waals surface area contributed by atoms with Gasteiger partial charge in [0.1, 0.15) is 6.61 Å². The maximum atomic E-state index is 13.2. The number of fused-ring (bicyclic) bond motifs is 3. The molecule has 1 atom stereocenters. The van der Waals surface area contributed by atoms with Crippen LogP contribution in [0, 0.1) is 0 Å². The van der Waals surface area contributed by atoms with Gasteiger partial charge in [0.15, 0.2) is 0 Å². The molecule has 5 nitrogen and oxygen atoms in total. The number of aliphatic hydroxyl groups is 1. The Hall–Kier alpha value is -2.79. The van der Waals surface area contributed by atoms with E-state index in [1.807, 2.05) is 47.4 Å². The standard InChI is InChI=1S/C25H30N2O3/c1-2-25(15-9-17-28)14-8-16-27(24(29)30-18-19-10-4-3-5-11-19)22-20-12-6-7-13-21(20)26-23(22)25/h3-7,10-13,26,28H,2,8-9,14-18H2,1H3/t25-/m1/s1. The molecule has 0 saturated carbocycles. The summed E-state index contributed by atoms with van der Waals surface area (Å²) in [5, 5.41) is 10.5. The molecule has 0 saturated heterocycles. The van der Waals surface area contributed by atoms with Crippen LogP contribution in [0.5, 0.6) is 0 Å². The zero-order valence-electron chi connectivity index (χ0n) is 17.6. The molecule has 2 aromatic carbocycles. The number of nitrogens with one attached hydrogen (secondary N) is 1. The van der Waals surface area contributed by atoms with Crippen molar-refractivity contribution >= 4 is 22.7 Å². The number of nitrogens with zero attached hydrogens (tertiary/aromatic N) is 1. The molecule has 3 aromatic rings. The average Bonchev–Trinajstić information content (AvgIpc) is 3.10. The second-order valence-electron chi connectivity index (χ2n) is 8.15. The molecule has 1 amide bonds. The second-order valence-corrected chi connectivity index (χ2v) is 8.15. The molecule has 0 bridgehead atoms. The summed E-state index contributed by atoms with van der Waals surface area (Å²) >= 11 is 0. The number of amides is 1. The number of anilines is 1. The van der Waals surface area contributed by atoms with Crippen LogP contribution in [0.2, 0.25) is 0 Å². The van der Waals surface area contributed by atoms with E-state index in [1.165, 1.54) is 0 Å². The number of ether oxygens (including phenoxy) is 1. The molecule has 0 unspecified atom stereocenters.